The summed E-state index contributed by atoms with van der Waals surface area (Å²) in [7, 11) is 1.11. The van der Waals surface area contributed by atoms with Crippen LogP contribution in [-0.4, -0.2) is 83.7 Å². The number of rotatable bonds is 7. The van der Waals surface area contributed by atoms with Crippen LogP contribution in [-0.2, 0) is 38.2 Å². The molecule has 2 saturated heterocycles. The molecule has 34 heavy (non-hydrogen) atoms. The fraction of sp³-hybridized carbons (Fsp3) is 0.636. The molecule has 2 heterocycles. The van der Waals surface area contributed by atoms with Gasteiger partial charge in [0.2, 0.25) is 29.4 Å². The second kappa shape index (κ2) is 11.6. The van der Waals surface area contributed by atoms with Crippen molar-refractivity contribution in [2.24, 2.45) is 0 Å². The van der Waals surface area contributed by atoms with Crippen molar-refractivity contribution in [2.75, 3.05) is 20.2 Å². The van der Waals surface area contributed by atoms with Crippen LogP contribution >= 0.6 is 0 Å². The fourth-order valence-corrected chi connectivity index (χ4v) is 4.17. The molecule has 12 nitrogen and oxygen atoms in total. The van der Waals surface area contributed by atoms with E-state index in [1.54, 1.807) is 0 Å². The van der Waals surface area contributed by atoms with Gasteiger partial charge in [0.1, 0.15) is 18.1 Å². The Labute approximate surface area is 198 Å². The Balaban J connectivity index is 2.07. The molecule has 0 saturated carbocycles. The summed E-state index contributed by atoms with van der Waals surface area (Å²) in [6.45, 7) is 6.22. The van der Waals surface area contributed by atoms with E-state index in [9.17, 15) is 28.8 Å². The van der Waals surface area contributed by atoms with Gasteiger partial charge < -0.3 is 29.9 Å². The number of carbonyl (C=O) groups excluding carboxylic acids is 6. The molecular weight excluding hydrogens is 448 g/mol. The molecule has 2 aliphatic heterocycles. The van der Waals surface area contributed by atoms with E-state index in [2.05, 4.69) is 15.4 Å². The van der Waals surface area contributed by atoms with Gasteiger partial charge in [0.05, 0.1) is 12.8 Å². The second-order valence-corrected chi connectivity index (χ2v) is 8.32. The first kappa shape index (κ1) is 26.8. The van der Waals surface area contributed by atoms with E-state index in [-0.39, 0.29) is 11.6 Å². The molecular formula is C22H32N4O8. The minimum absolute atomic E-state index is 0.0294. The Kier molecular flexibility index (Phi) is 9.16. The fourth-order valence-electron chi connectivity index (χ4n) is 4.17. The number of nitrogens with one attached hydrogen (secondary N) is 2. The molecule has 1 unspecified atom stereocenters. The maximum Gasteiger partial charge on any atom is 0.375 e. The predicted octanol–water partition coefficient (Wildman–Crippen LogP) is -0.423. The number of esters is 2. The lowest BCUT2D eigenvalue weighted by molar-refractivity contribution is -0.148. The standard InChI is InChI=1S/C22H32N4O8/c1-12(18(22(32)33-5)34-15(4)28)23-20(30)17-9-7-11-26(17)21(31)13(2)24-19(29)16-8-6-10-25(16)14(3)27/h13,16-17H,6-11H2,1-5H3,(H,23,30)(H,24,29)/b18-12+/t13?,16-,17-/m0/s1. The van der Waals surface area contributed by atoms with Crippen molar-refractivity contribution in [2.45, 2.75) is 71.5 Å². The Hall–Kier alpha value is -3.44. The van der Waals surface area contributed by atoms with Gasteiger partial charge in [0.15, 0.2) is 0 Å². The zero-order valence-electron chi connectivity index (χ0n) is 20.1. The molecule has 0 bridgehead atoms. The summed E-state index contributed by atoms with van der Waals surface area (Å²) in [4.78, 5) is 76.3. The summed E-state index contributed by atoms with van der Waals surface area (Å²) in [5.41, 5.74) is -0.0294. The average molecular weight is 481 g/mol. The molecule has 12 heteroatoms. The zero-order chi connectivity index (χ0) is 25.6. The molecule has 0 aromatic heterocycles. The van der Waals surface area contributed by atoms with E-state index >= 15 is 0 Å². The van der Waals surface area contributed by atoms with Crippen LogP contribution < -0.4 is 10.6 Å². The Morgan fingerprint density at radius 3 is 1.97 bits per heavy atom. The molecule has 2 N–H and O–H groups in total. The average Bonchev–Trinajstić information content (AvgIpc) is 3.46. The largest absolute Gasteiger partial charge is 0.463 e. The van der Waals surface area contributed by atoms with Crippen LogP contribution in [0.1, 0.15) is 53.4 Å². The van der Waals surface area contributed by atoms with Gasteiger partial charge in [-0.2, -0.15) is 0 Å². The lowest BCUT2D eigenvalue weighted by Gasteiger charge is -2.29. The number of likely N-dealkylation sites (tertiary alicyclic amines) is 2. The number of amides is 4. The van der Waals surface area contributed by atoms with Crippen molar-refractivity contribution >= 4 is 35.6 Å². The van der Waals surface area contributed by atoms with Gasteiger partial charge in [-0.15, -0.1) is 0 Å². The van der Waals surface area contributed by atoms with Crippen LogP contribution in [0, 0.1) is 0 Å². The third-order valence-corrected chi connectivity index (χ3v) is 5.80. The highest BCUT2D eigenvalue weighted by atomic mass is 16.6. The van der Waals surface area contributed by atoms with Crippen LogP contribution in [0.2, 0.25) is 0 Å². The van der Waals surface area contributed by atoms with E-state index < -0.39 is 53.5 Å². The van der Waals surface area contributed by atoms with E-state index in [0.717, 1.165) is 14.0 Å². The van der Waals surface area contributed by atoms with Crippen LogP contribution in [0.5, 0.6) is 0 Å². The van der Waals surface area contributed by atoms with Crippen molar-refractivity contribution in [3.05, 3.63) is 11.5 Å². The van der Waals surface area contributed by atoms with Gasteiger partial charge in [0.25, 0.3) is 0 Å². The summed E-state index contributed by atoms with van der Waals surface area (Å²) in [6.07, 6.45) is 2.19. The second-order valence-electron chi connectivity index (χ2n) is 8.32. The van der Waals surface area contributed by atoms with Crippen molar-refractivity contribution < 1.29 is 38.2 Å². The molecule has 188 valence electrons. The van der Waals surface area contributed by atoms with Gasteiger partial charge in [0, 0.05) is 26.9 Å². The van der Waals surface area contributed by atoms with Gasteiger partial charge in [-0.1, -0.05) is 0 Å². The first-order valence-corrected chi connectivity index (χ1v) is 11.1. The molecule has 3 atom stereocenters. The molecule has 2 fully saturated rings. The Morgan fingerprint density at radius 1 is 0.882 bits per heavy atom. The lowest BCUT2D eigenvalue weighted by Crippen LogP contribution is -2.55. The third kappa shape index (κ3) is 6.33. The smallest absolute Gasteiger partial charge is 0.375 e. The molecule has 0 aromatic rings. The number of hydrogen-bond donors (Lipinski definition) is 2. The summed E-state index contributed by atoms with van der Waals surface area (Å²) >= 11 is 0. The predicted molar refractivity (Wildman–Crippen MR) is 117 cm³/mol. The van der Waals surface area contributed by atoms with E-state index in [1.807, 2.05) is 0 Å². The van der Waals surface area contributed by atoms with Crippen LogP contribution in [0.15, 0.2) is 11.5 Å². The van der Waals surface area contributed by atoms with Gasteiger partial charge in [-0.25, -0.2) is 4.79 Å². The third-order valence-electron chi connectivity index (χ3n) is 5.80. The molecule has 4 amide bonds. The highest BCUT2D eigenvalue weighted by Gasteiger charge is 2.38. The van der Waals surface area contributed by atoms with Crippen molar-refractivity contribution in [3.8, 4) is 0 Å². The van der Waals surface area contributed by atoms with Gasteiger partial charge in [-0.3, -0.25) is 24.0 Å². The van der Waals surface area contributed by atoms with E-state index in [4.69, 9.17) is 4.74 Å². The first-order valence-electron chi connectivity index (χ1n) is 11.1. The highest BCUT2D eigenvalue weighted by molar-refractivity contribution is 5.95. The monoisotopic (exact) mass is 480 g/mol. The van der Waals surface area contributed by atoms with E-state index in [1.165, 1.54) is 30.6 Å². The maximum absolute atomic E-state index is 13.0. The minimum Gasteiger partial charge on any atom is -0.463 e. The number of nitrogens with zero attached hydrogens (tertiary/aromatic N) is 2. The highest BCUT2D eigenvalue weighted by Crippen LogP contribution is 2.21. The van der Waals surface area contributed by atoms with Crippen molar-refractivity contribution in [1.82, 2.24) is 20.4 Å². The lowest BCUT2D eigenvalue weighted by atomic mass is 10.1. The molecule has 0 aliphatic carbocycles. The SMILES string of the molecule is COC(=O)/C(OC(C)=O)=C(/C)NC(=O)[C@@H]1CCCN1C(=O)C(C)NC(=O)[C@@H]1CCCN1C(C)=O. The minimum atomic E-state index is -0.935. The molecule has 0 aromatic carbocycles. The molecule has 0 radical (unpaired) electrons. The molecule has 2 rings (SSSR count). The van der Waals surface area contributed by atoms with Crippen LogP contribution in [0.4, 0.5) is 0 Å². The Morgan fingerprint density at radius 2 is 1.44 bits per heavy atom. The first-order chi connectivity index (χ1) is 16.0. The van der Waals surface area contributed by atoms with Gasteiger partial charge >= 0.3 is 11.9 Å². The van der Waals surface area contributed by atoms with Crippen LogP contribution in [0.3, 0.4) is 0 Å². The maximum atomic E-state index is 13.0. The quantitative estimate of drug-likeness (QED) is 0.283. The van der Waals surface area contributed by atoms with Crippen molar-refractivity contribution in [3.63, 3.8) is 0 Å². The Bertz CT molecular complexity index is 899. The zero-order valence-corrected chi connectivity index (χ0v) is 20.1. The normalized spacial score (nSPS) is 21.3. The molecule has 2 aliphatic rings. The molecule has 0 spiro atoms. The van der Waals surface area contributed by atoms with Crippen LogP contribution in [0.25, 0.3) is 0 Å². The summed E-state index contributed by atoms with van der Waals surface area (Å²) in [5, 5.41) is 5.17. The van der Waals surface area contributed by atoms with E-state index in [0.29, 0.717) is 38.8 Å². The topological polar surface area (TPSA) is 151 Å². The number of hydrogen-bond acceptors (Lipinski definition) is 8. The van der Waals surface area contributed by atoms with Gasteiger partial charge in [-0.05, 0) is 39.5 Å². The summed E-state index contributed by atoms with van der Waals surface area (Å²) < 4.78 is 9.43. The summed E-state index contributed by atoms with van der Waals surface area (Å²) in [5.74, 6) is -3.75. The number of allylic oxidation sites excluding steroid dienone is 1. The summed E-state index contributed by atoms with van der Waals surface area (Å²) in [6, 6.07) is -2.35. The number of ether oxygens (including phenoxy) is 2. The number of methoxy groups -OCH3 is 1. The van der Waals surface area contributed by atoms with Crippen molar-refractivity contribution in [1.29, 1.82) is 0 Å². The number of carbonyl (C=O) groups is 6.